The van der Waals surface area contributed by atoms with Crippen molar-refractivity contribution >= 4 is 5.96 Å². The van der Waals surface area contributed by atoms with E-state index in [2.05, 4.69) is 22.1 Å². The van der Waals surface area contributed by atoms with E-state index in [1.807, 2.05) is 0 Å². The van der Waals surface area contributed by atoms with Crippen molar-refractivity contribution < 1.29 is 0 Å². The fraction of sp³-hybridized carbons (Fsp3) is 0.933. The largest absolute Gasteiger partial charge is 0.370 e. The van der Waals surface area contributed by atoms with Gasteiger partial charge in [0.05, 0.1) is 0 Å². The van der Waals surface area contributed by atoms with E-state index >= 15 is 0 Å². The van der Waals surface area contributed by atoms with Crippen LogP contribution in [0.25, 0.3) is 0 Å². The van der Waals surface area contributed by atoms with Gasteiger partial charge in [-0.15, -0.1) is 0 Å². The van der Waals surface area contributed by atoms with Crippen molar-refractivity contribution in [1.29, 1.82) is 0 Å². The number of nitrogens with one attached hydrogen (secondary N) is 1. The van der Waals surface area contributed by atoms with Crippen LogP contribution in [0, 0.1) is 0 Å². The predicted octanol–water partition coefficient (Wildman–Crippen LogP) is 2.10. The molecule has 0 bridgehead atoms. The monoisotopic (exact) mass is 266 g/mol. The maximum absolute atomic E-state index is 5.93. The quantitative estimate of drug-likeness (QED) is 0.455. The summed E-state index contributed by atoms with van der Waals surface area (Å²) in [6, 6.07) is 1.33. The van der Waals surface area contributed by atoms with Gasteiger partial charge in [0, 0.05) is 25.2 Å². The summed E-state index contributed by atoms with van der Waals surface area (Å²) in [6.45, 7) is 5.63. The standard InChI is InChI=1S/C15H30N4/c1-13-7-4-5-11-19(13)12-6-10-17-15(16)18-14-8-2-3-9-14/h13-14H,2-12H2,1H3,(H3,16,17,18). The molecule has 0 aromatic carbocycles. The molecule has 0 radical (unpaired) electrons. The third kappa shape index (κ3) is 5.01. The lowest BCUT2D eigenvalue weighted by Crippen LogP contribution is -2.39. The second-order valence-corrected chi connectivity index (χ2v) is 6.13. The van der Waals surface area contributed by atoms with Crippen LogP contribution in [0.15, 0.2) is 4.99 Å². The highest BCUT2D eigenvalue weighted by molar-refractivity contribution is 5.78. The van der Waals surface area contributed by atoms with Crippen LogP contribution in [0.5, 0.6) is 0 Å². The molecular formula is C15H30N4. The van der Waals surface area contributed by atoms with Gasteiger partial charge in [-0.1, -0.05) is 19.3 Å². The van der Waals surface area contributed by atoms with Gasteiger partial charge in [0.1, 0.15) is 0 Å². The molecule has 1 atom stereocenters. The van der Waals surface area contributed by atoms with E-state index in [4.69, 9.17) is 5.73 Å². The summed E-state index contributed by atoms with van der Waals surface area (Å²) in [5.74, 6) is 0.651. The maximum Gasteiger partial charge on any atom is 0.188 e. The SMILES string of the molecule is CC1CCCCN1CCCN=C(N)NC1CCCC1. The van der Waals surface area contributed by atoms with Gasteiger partial charge in [-0.25, -0.2) is 0 Å². The first-order chi connectivity index (χ1) is 9.25. The van der Waals surface area contributed by atoms with Crippen LogP contribution in [-0.2, 0) is 0 Å². The van der Waals surface area contributed by atoms with Crippen LogP contribution < -0.4 is 11.1 Å². The Morgan fingerprint density at radius 2 is 1.95 bits per heavy atom. The molecule has 0 amide bonds. The van der Waals surface area contributed by atoms with Gasteiger partial charge in [-0.2, -0.15) is 0 Å². The van der Waals surface area contributed by atoms with Crippen molar-refractivity contribution in [2.24, 2.45) is 10.7 Å². The lowest BCUT2D eigenvalue weighted by Gasteiger charge is -2.33. The van der Waals surface area contributed by atoms with Crippen molar-refractivity contribution in [3.63, 3.8) is 0 Å². The average molecular weight is 266 g/mol. The topological polar surface area (TPSA) is 53.6 Å². The normalized spacial score (nSPS) is 26.8. The number of hydrogen-bond acceptors (Lipinski definition) is 2. The minimum Gasteiger partial charge on any atom is -0.370 e. The Kier molecular flexibility index (Phi) is 5.95. The third-order valence-corrected chi connectivity index (χ3v) is 4.53. The molecule has 0 aromatic heterocycles. The minimum absolute atomic E-state index is 0.575. The predicted molar refractivity (Wildman–Crippen MR) is 81.4 cm³/mol. The molecular weight excluding hydrogens is 236 g/mol. The number of rotatable bonds is 5. The average Bonchev–Trinajstić information content (AvgIpc) is 2.89. The van der Waals surface area contributed by atoms with Crippen molar-refractivity contribution in [2.45, 2.75) is 70.4 Å². The van der Waals surface area contributed by atoms with Gasteiger partial charge in [0.15, 0.2) is 5.96 Å². The molecule has 1 heterocycles. The van der Waals surface area contributed by atoms with Gasteiger partial charge in [0.25, 0.3) is 0 Å². The summed E-state index contributed by atoms with van der Waals surface area (Å²) in [6.07, 6.45) is 10.4. The molecule has 1 saturated carbocycles. The number of guanidine groups is 1. The Hall–Kier alpha value is -0.770. The fourth-order valence-corrected chi connectivity index (χ4v) is 3.29. The van der Waals surface area contributed by atoms with Crippen molar-refractivity contribution in [3.05, 3.63) is 0 Å². The highest BCUT2D eigenvalue weighted by Crippen LogP contribution is 2.17. The molecule has 19 heavy (non-hydrogen) atoms. The minimum atomic E-state index is 0.575. The second-order valence-electron chi connectivity index (χ2n) is 6.13. The lowest BCUT2D eigenvalue weighted by atomic mass is 10.0. The second kappa shape index (κ2) is 7.73. The number of nitrogens with two attached hydrogens (primary N) is 1. The first-order valence-electron chi connectivity index (χ1n) is 8.06. The van der Waals surface area contributed by atoms with Crippen LogP contribution in [-0.4, -0.2) is 42.6 Å². The zero-order valence-electron chi connectivity index (χ0n) is 12.4. The van der Waals surface area contributed by atoms with Crippen LogP contribution in [0.4, 0.5) is 0 Å². The van der Waals surface area contributed by atoms with Crippen LogP contribution in [0.1, 0.15) is 58.3 Å². The van der Waals surface area contributed by atoms with E-state index in [1.165, 1.54) is 58.0 Å². The molecule has 1 saturated heterocycles. The van der Waals surface area contributed by atoms with E-state index < -0.39 is 0 Å². The number of hydrogen-bond donors (Lipinski definition) is 2. The molecule has 110 valence electrons. The van der Waals surface area contributed by atoms with Crippen molar-refractivity contribution in [3.8, 4) is 0 Å². The molecule has 4 heteroatoms. The highest BCUT2D eigenvalue weighted by Gasteiger charge is 2.17. The number of likely N-dealkylation sites (tertiary alicyclic amines) is 1. The molecule has 4 nitrogen and oxygen atoms in total. The summed E-state index contributed by atoms with van der Waals surface area (Å²) >= 11 is 0. The molecule has 2 fully saturated rings. The Balaban J connectivity index is 1.59. The zero-order chi connectivity index (χ0) is 13.5. The molecule has 1 unspecified atom stereocenters. The van der Waals surface area contributed by atoms with E-state index in [-0.39, 0.29) is 0 Å². The number of nitrogens with zero attached hydrogens (tertiary/aromatic N) is 2. The Morgan fingerprint density at radius 3 is 2.68 bits per heavy atom. The Bertz CT molecular complexity index is 284. The van der Waals surface area contributed by atoms with Gasteiger partial charge < -0.3 is 16.0 Å². The van der Waals surface area contributed by atoms with E-state index in [1.54, 1.807) is 0 Å². The molecule has 1 aliphatic carbocycles. The van der Waals surface area contributed by atoms with Gasteiger partial charge >= 0.3 is 0 Å². The van der Waals surface area contributed by atoms with E-state index in [0.29, 0.717) is 12.0 Å². The molecule has 0 spiro atoms. The summed E-state index contributed by atoms with van der Waals surface area (Å²) < 4.78 is 0. The van der Waals surface area contributed by atoms with Gasteiger partial charge in [0.2, 0.25) is 0 Å². The first kappa shape index (κ1) is 14.6. The van der Waals surface area contributed by atoms with Gasteiger partial charge in [-0.3, -0.25) is 4.99 Å². The summed E-state index contributed by atoms with van der Waals surface area (Å²) in [7, 11) is 0. The smallest absolute Gasteiger partial charge is 0.188 e. The molecule has 0 aromatic rings. The Morgan fingerprint density at radius 1 is 1.21 bits per heavy atom. The first-order valence-corrected chi connectivity index (χ1v) is 8.06. The molecule has 1 aliphatic heterocycles. The maximum atomic E-state index is 5.93. The van der Waals surface area contributed by atoms with Crippen LogP contribution >= 0.6 is 0 Å². The van der Waals surface area contributed by atoms with Crippen molar-refractivity contribution in [2.75, 3.05) is 19.6 Å². The number of piperidine rings is 1. The third-order valence-electron chi connectivity index (χ3n) is 4.53. The van der Waals surface area contributed by atoms with E-state index in [0.717, 1.165) is 19.0 Å². The van der Waals surface area contributed by atoms with Crippen LogP contribution in [0.2, 0.25) is 0 Å². The number of aliphatic imine (C=N–C) groups is 1. The van der Waals surface area contributed by atoms with Gasteiger partial charge in [-0.05, 0) is 45.6 Å². The fourth-order valence-electron chi connectivity index (χ4n) is 3.29. The zero-order valence-corrected chi connectivity index (χ0v) is 12.4. The van der Waals surface area contributed by atoms with Crippen LogP contribution in [0.3, 0.4) is 0 Å². The summed E-state index contributed by atoms with van der Waals surface area (Å²) in [4.78, 5) is 7.05. The molecule has 2 rings (SSSR count). The molecule has 2 aliphatic rings. The van der Waals surface area contributed by atoms with E-state index in [9.17, 15) is 0 Å². The Labute approximate surface area is 117 Å². The summed E-state index contributed by atoms with van der Waals surface area (Å²) in [5, 5.41) is 3.34. The lowest BCUT2D eigenvalue weighted by molar-refractivity contribution is 0.160. The highest BCUT2D eigenvalue weighted by atomic mass is 15.2. The summed E-state index contributed by atoms with van der Waals surface area (Å²) in [5.41, 5.74) is 5.93. The molecule has 3 N–H and O–H groups in total. The van der Waals surface area contributed by atoms with Crippen molar-refractivity contribution in [1.82, 2.24) is 10.2 Å².